The molecule has 1 aromatic rings. The van der Waals surface area contributed by atoms with Gasteiger partial charge in [0, 0.05) is 0 Å². The van der Waals surface area contributed by atoms with Gasteiger partial charge in [0.05, 0.1) is 5.75 Å². The van der Waals surface area contributed by atoms with Crippen LogP contribution in [0.2, 0.25) is 0 Å². The van der Waals surface area contributed by atoms with Crippen molar-refractivity contribution in [3.05, 3.63) is 35.9 Å². The fraction of sp³-hybridized carbons (Fsp3) is 0.462. The summed E-state index contributed by atoms with van der Waals surface area (Å²) in [5.74, 6) is -1.34. The van der Waals surface area contributed by atoms with Crippen LogP contribution in [0.25, 0.3) is 0 Å². The fourth-order valence-electron chi connectivity index (χ4n) is 1.69. The molecule has 0 fully saturated rings. The molecule has 0 saturated carbocycles. The number of carboxylic acids is 1. The highest BCUT2D eigenvalue weighted by Crippen LogP contribution is 2.07. The zero-order valence-electron chi connectivity index (χ0n) is 10.9. The van der Waals surface area contributed by atoms with Gasteiger partial charge in [-0.3, -0.25) is 4.79 Å². The van der Waals surface area contributed by atoms with Gasteiger partial charge in [0.15, 0.2) is 0 Å². The van der Waals surface area contributed by atoms with Crippen molar-refractivity contribution in [2.45, 2.75) is 38.0 Å². The van der Waals surface area contributed by atoms with E-state index in [1.54, 1.807) is 30.3 Å². The molecule has 1 atom stereocenters. The van der Waals surface area contributed by atoms with Crippen LogP contribution in [0.3, 0.4) is 0 Å². The normalized spacial score (nSPS) is 13.1. The Bertz CT molecular complexity index is 499. The lowest BCUT2D eigenvalue weighted by Crippen LogP contribution is -2.41. The van der Waals surface area contributed by atoms with Gasteiger partial charge < -0.3 is 5.11 Å². The van der Waals surface area contributed by atoms with Crippen LogP contribution in [0.5, 0.6) is 0 Å². The maximum atomic E-state index is 11.9. The Labute approximate surface area is 113 Å². The van der Waals surface area contributed by atoms with Gasteiger partial charge in [-0.05, 0) is 12.0 Å². The number of nitrogens with one attached hydrogen (secondary N) is 1. The van der Waals surface area contributed by atoms with E-state index in [4.69, 9.17) is 5.11 Å². The molecule has 0 aromatic heterocycles. The minimum atomic E-state index is -3.64. The minimum absolute atomic E-state index is 0.205. The molecule has 0 aliphatic rings. The number of carbonyl (C=O) groups is 1. The zero-order chi connectivity index (χ0) is 14.3. The lowest BCUT2D eigenvalue weighted by molar-refractivity contribution is -0.139. The molecule has 0 aliphatic carbocycles. The highest BCUT2D eigenvalue weighted by molar-refractivity contribution is 7.88. The van der Waals surface area contributed by atoms with Crippen LogP contribution in [0.15, 0.2) is 30.3 Å². The Hall–Kier alpha value is -1.40. The maximum Gasteiger partial charge on any atom is 0.321 e. The summed E-state index contributed by atoms with van der Waals surface area (Å²) in [5, 5.41) is 9.00. The van der Waals surface area contributed by atoms with Gasteiger partial charge in [-0.25, -0.2) is 13.1 Å². The Morgan fingerprint density at radius 2 is 1.95 bits per heavy atom. The Morgan fingerprint density at radius 1 is 1.32 bits per heavy atom. The van der Waals surface area contributed by atoms with Gasteiger partial charge in [-0.1, -0.05) is 50.1 Å². The maximum absolute atomic E-state index is 11.9. The molecule has 0 radical (unpaired) electrons. The van der Waals surface area contributed by atoms with E-state index in [2.05, 4.69) is 4.72 Å². The first-order chi connectivity index (χ1) is 8.94. The molecule has 1 unspecified atom stereocenters. The first-order valence-corrected chi connectivity index (χ1v) is 7.86. The van der Waals surface area contributed by atoms with Crippen LogP contribution in [0, 0.1) is 0 Å². The van der Waals surface area contributed by atoms with E-state index in [1.807, 2.05) is 6.92 Å². The lowest BCUT2D eigenvalue weighted by Gasteiger charge is -2.14. The van der Waals surface area contributed by atoms with E-state index in [9.17, 15) is 13.2 Å². The highest BCUT2D eigenvalue weighted by atomic mass is 32.2. The van der Waals surface area contributed by atoms with Crippen molar-refractivity contribution in [2.24, 2.45) is 0 Å². The molecule has 0 spiro atoms. The molecule has 19 heavy (non-hydrogen) atoms. The minimum Gasteiger partial charge on any atom is -0.480 e. The van der Waals surface area contributed by atoms with Crippen molar-refractivity contribution in [1.29, 1.82) is 0 Å². The fourth-order valence-corrected chi connectivity index (χ4v) is 3.06. The van der Waals surface area contributed by atoms with Crippen LogP contribution >= 0.6 is 0 Å². The Kier molecular flexibility index (Phi) is 5.98. The number of unbranched alkanes of at least 4 members (excludes halogenated alkanes) is 1. The number of hydrogen-bond donors (Lipinski definition) is 2. The van der Waals surface area contributed by atoms with Gasteiger partial charge in [-0.2, -0.15) is 0 Å². The molecule has 0 saturated heterocycles. The van der Waals surface area contributed by atoms with Crippen LogP contribution < -0.4 is 4.72 Å². The summed E-state index contributed by atoms with van der Waals surface area (Å²) in [4.78, 5) is 11.0. The SMILES string of the molecule is CCCCC(NS(=O)(=O)Cc1ccccc1)C(=O)O. The summed E-state index contributed by atoms with van der Waals surface area (Å²) in [5.41, 5.74) is 0.634. The summed E-state index contributed by atoms with van der Waals surface area (Å²) < 4.78 is 26.1. The van der Waals surface area contributed by atoms with Gasteiger partial charge in [0.25, 0.3) is 0 Å². The van der Waals surface area contributed by atoms with Crippen molar-refractivity contribution in [3.8, 4) is 0 Å². The molecule has 1 rings (SSSR count). The predicted octanol–water partition coefficient (Wildman–Crippen LogP) is 1.75. The van der Waals surface area contributed by atoms with Crippen molar-refractivity contribution < 1.29 is 18.3 Å². The van der Waals surface area contributed by atoms with Crippen LogP contribution in [0.1, 0.15) is 31.7 Å². The number of aliphatic carboxylic acids is 1. The summed E-state index contributed by atoms with van der Waals surface area (Å²) >= 11 is 0. The molecule has 0 heterocycles. The molecule has 0 bridgehead atoms. The largest absolute Gasteiger partial charge is 0.480 e. The van der Waals surface area contributed by atoms with Crippen molar-refractivity contribution in [2.75, 3.05) is 0 Å². The quantitative estimate of drug-likeness (QED) is 0.762. The van der Waals surface area contributed by atoms with Crippen LogP contribution in [-0.2, 0) is 20.6 Å². The number of rotatable bonds is 8. The van der Waals surface area contributed by atoms with Crippen molar-refractivity contribution in [1.82, 2.24) is 4.72 Å². The molecule has 5 nitrogen and oxygen atoms in total. The molecule has 0 aliphatic heterocycles. The number of sulfonamides is 1. The number of hydrogen-bond acceptors (Lipinski definition) is 3. The van der Waals surface area contributed by atoms with Crippen molar-refractivity contribution >= 4 is 16.0 Å². The Morgan fingerprint density at radius 3 is 2.47 bits per heavy atom. The molecule has 2 N–H and O–H groups in total. The average molecular weight is 285 g/mol. The monoisotopic (exact) mass is 285 g/mol. The summed E-state index contributed by atoms with van der Waals surface area (Å²) in [6, 6.07) is 7.63. The second kappa shape index (κ2) is 7.25. The highest BCUT2D eigenvalue weighted by Gasteiger charge is 2.23. The van der Waals surface area contributed by atoms with E-state index in [0.717, 1.165) is 6.42 Å². The van der Waals surface area contributed by atoms with Gasteiger partial charge in [0.2, 0.25) is 10.0 Å². The molecule has 6 heteroatoms. The van der Waals surface area contributed by atoms with Gasteiger partial charge in [-0.15, -0.1) is 0 Å². The first kappa shape index (κ1) is 15.7. The zero-order valence-corrected chi connectivity index (χ0v) is 11.7. The molecule has 106 valence electrons. The number of benzene rings is 1. The van der Waals surface area contributed by atoms with E-state index >= 15 is 0 Å². The van der Waals surface area contributed by atoms with E-state index < -0.39 is 22.0 Å². The average Bonchev–Trinajstić information content (AvgIpc) is 2.34. The second-order valence-electron chi connectivity index (χ2n) is 4.40. The van der Waals surface area contributed by atoms with Crippen LogP contribution in [-0.4, -0.2) is 25.5 Å². The molecular weight excluding hydrogens is 266 g/mol. The lowest BCUT2D eigenvalue weighted by atomic mass is 10.1. The molecule has 0 amide bonds. The van der Waals surface area contributed by atoms with Gasteiger partial charge in [0.1, 0.15) is 6.04 Å². The third kappa shape index (κ3) is 5.85. The molecule has 1 aromatic carbocycles. The predicted molar refractivity (Wildman–Crippen MR) is 73.2 cm³/mol. The second-order valence-corrected chi connectivity index (χ2v) is 6.15. The third-order valence-electron chi connectivity index (χ3n) is 2.67. The standard InChI is InChI=1S/C13H19NO4S/c1-2-3-9-12(13(15)16)14-19(17,18)10-11-7-5-4-6-8-11/h4-8,12,14H,2-3,9-10H2,1H3,(H,15,16). The van der Waals surface area contributed by atoms with Crippen LogP contribution in [0.4, 0.5) is 0 Å². The topological polar surface area (TPSA) is 83.5 Å². The summed E-state index contributed by atoms with van der Waals surface area (Å²) in [6.45, 7) is 1.93. The van der Waals surface area contributed by atoms with Gasteiger partial charge >= 0.3 is 5.97 Å². The van der Waals surface area contributed by atoms with E-state index in [-0.39, 0.29) is 5.75 Å². The summed E-state index contributed by atoms with van der Waals surface area (Å²) in [6.07, 6.45) is 1.80. The third-order valence-corrected chi connectivity index (χ3v) is 4.02. The van der Waals surface area contributed by atoms with Crippen molar-refractivity contribution in [3.63, 3.8) is 0 Å². The number of carboxylic acid groups (broad SMARTS) is 1. The summed E-state index contributed by atoms with van der Waals surface area (Å²) in [7, 11) is -3.64. The van der Waals surface area contributed by atoms with E-state index in [1.165, 1.54) is 0 Å². The smallest absolute Gasteiger partial charge is 0.321 e. The molecular formula is C13H19NO4S. The Balaban J connectivity index is 2.69. The first-order valence-electron chi connectivity index (χ1n) is 6.21. The van der Waals surface area contributed by atoms with E-state index in [0.29, 0.717) is 18.4 Å².